The second-order valence-corrected chi connectivity index (χ2v) is 6.19. The molecule has 5 nitrogen and oxygen atoms in total. The predicted molar refractivity (Wildman–Crippen MR) is 94.1 cm³/mol. The third-order valence-corrected chi connectivity index (χ3v) is 4.67. The number of likely N-dealkylation sites (tertiary alicyclic amines) is 1. The zero-order valence-electron chi connectivity index (χ0n) is 13.8. The Kier molecular flexibility index (Phi) is 6.33. The Hall–Kier alpha value is -1.69. The van der Waals surface area contributed by atoms with Crippen molar-refractivity contribution in [2.24, 2.45) is 0 Å². The van der Waals surface area contributed by atoms with E-state index in [9.17, 15) is 9.59 Å². The molecule has 0 saturated carbocycles. The molecule has 1 aromatic rings. The Morgan fingerprint density at radius 2 is 1.83 bits per heavy atom. The van der Waals surface area contributed by atoms with Crippen molar-refractivity contribution in [3.8, 4) is 0 Å². The number of carbonyl (C=O) groups is 2. The molecule has 2 rings (SSSR count). The lowest BCUT2D eigenvalue weighted by Crippen LogP contribution is -2.50. The van der Waals surface area contributed by atoms with Crippen molar-refractivity contribution >= 4 is 24.6 Å². The molecule has 3 amide bonds. The average molecular weight is 335 g/mol. The number of rotatable bonds is 4. The van der Waals surface area contributed by atoms with Gasteiger partial charge < -0.3 is 15.1 Å². The van der Waals surface area contributed by atoms with Crippen molar-refractivity contribution in [2.45, 2.75) is 37.6 Å². The third-order valence-electron chi connectivity index (χ3n) is 4.28. The molecular formula is C17H25N3O2S. The van der Waals surface area contributed by atoms with Gasteiger partial charge in [0.2, 0.25) is 0 Å². The number of nitrogens with zero attached hydrogens (tertiary/aromatic N) is 2. The Morgan fingerprint density at radius 3 is 2.39 bits per heavy atom. The molecule has 126 valence electrons. The molecule has 0 aromatic heterocycles. The molecule has 0 spiro atoms. The van der Waals surface area contributed by atoms with Crippen molar-refractivity contribution in [2.75, 3.05) is 26.2 Å². The quantitative estimate of drug-likeness (QED) is 0.831. The number of hydrogen-bond acceptors (Lipinski definition) is 3. The normalized spacial score (nSPS) is 15.3. The number of piperidine rings is 1. The maximum Gasteiger partial charge on any atom is 0.319 e. The van der Waals surface area contributed by atoms with Crippen LogP contribution in [0.25, 0.3) is 0 Å². The lowest BCUT2D eigenvalue weighted by molar-refractivity contribution is 0.0909. The number of amides is 3. The first-order valence-electron chi connectivity index (χ1n) is 8.19. The Labute approximate surface area is 143 Å². The Balaban J connectivity index is 1.86. The van der Waals surface area contributed by atoms with Crippen LogP contribution in [0.2, 0.25) is 0 Å². The number of benzene rings is 1. The zero-order valence-corrected chi connectivity index (χ0v) is 14.7. The van der Waals surface area contributed by atoms with Crippen LogP contribution >= 0.6 is 12.6 Å². The second kappa shape index (κ2) is 8.24. The first-order valence-corrected chi connectivity index (χ1v) is 8.64. The zero-order chi connectivity index (χ0) is 16.8. The number of nitrogens with one attached hydrogen (secondary N) is 1. The molecule has 6 heteroatoms. The van der Waals surface area contributed by atoms with Gasteiger partial charge in [-0.1, -0.05) is 12.1 Å². The van der Waals surface area contributed by atoms with Crippen LogP contribution in [-0.2, 0) is 0 Å². The average Bonchev–Trinajstić information content (AvgIpc) is 2.57. The Morgan fingerprint density at radius 1 is 1.22 bits per heavy atom. The van der Waals surface area contributed by atoms with Crippen LogP contribution in [0.15, 0.2) is 29.2 Å². The minimum atomic E-state index is -0.0934. The van der Waals surface area contributed by atoms with Gasteiger partial charge in [-0.25, -0.2) is 4.79 Å². The third kappa shape index (κ3) is 4.41. The maximum absolute atomic E-state index is 12.3. The highest BCUT2D eigenvalue weighted by molar-refractivity contribution is 7.80. The van der Waals surface area contributed by atoms with Gasteiger partial charge in [0.15, 0.2) is 0 Å². The molecule has 0 unspecified atom stereocenters. The van der Waals surface area contributed by atoms with Gasteiger partial charge in [0.1, 0.15) is 0 Å². The molecule has 1 saturated heterocycles. The van der Waals surface area contributed by atoms with Gasteiger partial charge in [-0.15, -0.1) is 12.6 Å². The molecule has 1 aliphatic rings. The van der Waals surface area contributed by atoms with Crippen LogP contribution in [0.1, 0.15) is 37.0 Å². The number of urea groups is 1. The Bertz CT molecular complexity index is 553. The van der Waals surface area contributed by atoms with Crippen molar-refractivity contribution in [1.82, 2.24) is 15.1 Å². The van der Waals surface area contributed by atoms with E-state index >= 15 is 0 Å². The fourth-order valence-electron chi connectivity index (χ4n) is 2.84. The van der Waals surface area contributed by atoms with Gasteiger partial charge in [-0.2, -0.15) is 0 Å². The summed E-state index contributed by atoms with van der Waals surface area (Å²) in [6.07, 6.45) is 1.57. The van der Waals surface area contributed by atoms with E-state index in [-0.39, 0.29) is 18.0 Å². The number of hydrogen-bond donors (Lipinski definition) is 2. The maximum atomic E-state index is 12.3. The number of carbonyl (C=O) groups excluding carboxylic acids is 2. The van der Waals surface area contributed by atoms with Crippen LogP contribution in [0.3, 0.4) is 0 Å². The smallest absolute Gasteiger partial charge is 0.319 e. The summed E-state index contributed by atoms with van der Waals surface area (Å²) in [6.45, 7) is 6.80. The molecule has 23 heavy (non-hydrogen) atoms. The fraction of sp³-hybridized carbons (Fsp3) is 0.529. The van der Waals surface area contributed by atoms with E-state index in [0.29, 0.717) is 23.5 Å². The summed E-state index contributed by atoms with van der Waals surface area (Å²) in [6, 6.07) is 7.48. The van der Waals surface area contributed by atoms with Crippen molar-refractivity contribution < 1.29 is 9.59 Å². The summed E-state index contributed by atoms with van der Waals surface area (Å²) < 4.78 is 0. The summed E-state index contributed by atoms with van der Waals surface area (Å²) in [5.41, 5.74) is 0.595. The molecule has 1 N–H and O–H groups in total. The van der Waals surface area contributed by atoms with Gasteiger partial charge in [-0.3, -0.25) is 4.79 Å². The summed E-state index contributed by atoms with van der Waals surface area (Å²) in [5.74, 6) is -0.0934. The summed E-state index contributed by atoms with van der Waals surface area (Å²) in [5, 5.41) is 3.05. The lowest BCUT2D eigenvalue weighted by Gasteiger charge is -2.35. The van der Waals surface area contributed by atoms with Gasteiger partial charge >= 0.3 is 6.03 Å². The summed E-state index contributed by atoms with van der Waals surface area (Å²) >= 11 is 4.32. The largest absolute Gasteiger partial charge is 0.349 e. The van der Waals surface area contributed by atoms with Crippen LogP contribution < -0.4 is 5.32 Å². The molecule has 0 atom stereocenters. The molecule has 0 radical (unpaired) electrons. The first kappa shape index (κ1) is 17.7. The lowest BCUT2D eigenvalue weighted by atomic mass is 10.0. The molecule has 1 heterocycles. The van der Waals surface area contributed by atoms with Gasteiger partial charge in [-0.05, 0) is 38.8 Å². The molecule has 1 aliphatic heterocycles. The van der Waals surface area contributed by atoms with Gasteiger partial charge in [0.25, 0.3) is 5.91 Å². The topological polar surface area (TPSA) is 52.7 Å². The predicted octanol–water partition coefficient (Wildman–Crippen LogP) is 2.63. The highest BCUT2D eigenvalue weighted by atomic mass is 32.1. The van der Waals surface area contributed by atoms with Crippen LogP contribution in [0.4, 0.5) is 4.79 Å². The highest BCUT2D eigenvalue weighted by Gasteiger charge is 2.26. The van der Waals surface area contributed by atoms with E-state index in [1.807, 2.05) is 41.8 Å². The summed E-state index contributed by atoms with van der Waals surface area (Å²) in [7, 11) is 0. The van der Waals surface area contributed by atoms with Gasteiger partial charge in [0.05, 0.1) is 5.56 Å². The van der Waals surface area contributed by atoms with E-state index in [0.717, 1.165) is 25.9 Å². The minimum Gasteiger partial charge on any atom is -0.349 e. The van der Waals surface area contributed by atoms with Crippen molar-refractivity contribution in [3.05, 3.63) is 29.8 Å². The monoisotopic (exact) mass is 335 g/mol. The molecular weight excluding hydrogens is 310 g/mol. The van der Waals surface area contributed by atoms with Crippen LogP contribution in [0, 0.1) is 0 Å². The van der Waals surface area contributed by atoms with E-state index in [2.05, 4.69) is 17.9 Å². The van der Waals surface area contributed by atoms with Crippen LogP contribution in [0.5, 0.6) is 0 Å². The minimum absolute atomic E-state index is 0.0934. The molecule has 0 aliphatic carbocycles. The fourth-order valence-corrected chi connectivity index (χ4v) is 3.10. The van der Waals surface area contributed by atoms with E-state index in [1.165, 1.54) is 0 Å². The SMILES string of the molecule is CCN(CC)C(=O)N1CCC(NC(=O)c2ccccc2S)CC1. The van der Waals surface area contributed by atoms with Crippen LogP contribution in [-0.4, -0.2) is 54.0 Å². The highest BCUT2D eigenvalue weighted by Crippen LogP contribution is 2.16. The molecule has 1 aromatic carbocycles. The van der Waals surface area contributed by atoms with Gasteiger partial charge in [0, 0.05) is 37.1 Å². The standard InChI is InChI=1S/C17H25N3O2S/c1-3-19(4-2)17(22)20-11-9-13(10-12-20)18-16(21)14-7-5-6-8-15(14)23/h5-8,13,23H,3-4,9-12H2,1-2H3,(H,18,21). The molecule has 1 fully saturated rings. The van der Waals surface area contributed by atoms with Crippen molar-refractivity contribution in [3.63, 3.8) is 0 Å². The first-order chi connectivity index (χ1) is 11.1. The number of thiol groups is 1. The van der Waals surface area contributed by atoms with E-state index < -0.39 is 0 Å². The van der Waals surface area contributed by atoms with E-state index in [1.54, 1.807) is 6.07 Å². The molecule has 0 bridgehead atoms. The van der Waals surface area contributed by atoms with E-state index in [4.69, 9.17) is 0 Å². The van der Waals surface area contributed by atoms with Crippen molar-refractivity contribution in [1.29, 1.82) is 0 Å². The second-order valence-electron chi connectivity index (χ2n) is 5.71. The summed E-state index contributed by atoms with van der Waals surface area (Å²) in [4.78, 5) is 29.0.